The van der Waals surface area contributed by atoms with Crippen molar-refractivity contribution in [1.82, 2.24) is 5.32 Å². The van der Waals surface area contributed by atoms with Gasteiger partial charge in [-0.2, -0.15) is 0 Å². The van der Waals surface area contributed by atoms with Crippen molar-refractivity contribution in [3.8, 4) is 0 Å². The fourth-order valence-corrected chi connectivity index (χ4v) is 2.08. The van der Waals surface area contributed by atoms with Crippen LogP contribution in [0, 0.1) is 13.8 Å². The molecule has 1 fully saturated rings. The summed E-state index contributed by atoms with van der Waals surface area (Å²) in [4.78, 5) is 13.8. The van der Waals surface area contributed by atoms with E-state index >= 15 is 0 Å². The molecule has 0 saturated carbocycles. The average Bonchev–Trinajstić information content (AvgIpc) is 2.26. The third-order valence-electron chi connectivity index (χ3n) is 3.37. The number of aryl methyl sites for hydroxylation is 2. The summed E-state index contributed by atoms with van der Waals surface area (Å²) in [6, 6.07) is 6.20. The van der Waals surface area contributed by atoms with E-state index in [0.717, 1.165) is 5.69 Å². The number of amides is 1. The molecule has 1 saturated heterocycles. The van der Waals surface area contributed by atoms with Gasteiger partial charge in [-0.3, -0.25) is 4.79 Å². The molecule has 1 N–H and O–H groups in total. The van der Waals surface area contributed by atoms with Crippen molar-refractivity contribution in [2.45, 2.75) is 33.2 Å². The number of anilines is 1. The Kier molecular flexibility index (Phi) is 2.96. The molecular formula is C14H20N2O. The fourth-order valence-electron chi connectivity index (χ4n) is 2.08. The molecule has 3 nitrogen and oxygen atoms in total. The first-order valence-electron chi connectivity index (χ1n) is 6.02. The normalized spacial score (nSPS) is 19.5. The minimum Gasteiger partial charge on any atom is -0.309 e. The van der Waals surface area contributed by atoms with Crippen molar-refractivity contribution in [2.75, 3.05) is 18.0 Å². The van der Waals surface area contributed by atoms with Gasteiger partial charge >= 0.3 is 0 Å². The van der Waals surface area contributed by atoms with Gasteiger partial charge in [0.1, 0.15) is 0 Å². The highest BCUT2D eigenvalue weighted by Gasteiger charge is 2.31. The van der Waals surface area contributed by atoms with Crippen LogP contribution in [0.25, 0.3) is 0 Å². The fraction of sp³-hybridized carbons (Fsp3) is 0.500. The molecule has 92 valence electrons. The van der Waals surface area contributed by atoms with Crippen molar-refractivity contribution >= 4 is 11.6 Å². The number of nitrogens with one attached hydrogen (secondary N) is 1. The van der Waals surface area contributed by atoms with Gasteiger partial charge in [0, 0.05) is 17.8 Å². The van der Waals surface area contributed by atoms with Crippen molar-refractivity contribution in [2.24, 2.45) is 0 Å². The predicted octanol–water partition coefficient (Wildman–Crippen LogP) is 2.02. The third kappa shape index (κ3) is 2.50. The van der Waals surface area contributed by atoms with Crippen LogP contribution in [-0.2, 0) is 4.79 Å². The van der Waals surface area contributed by atoms with Gasteiger partial charge < -0.3 is 10.2 Å². The summed E-state index contributed by atoms with van der Waals surface area (Å²) in [5, 5.41) is 3.24. The summed E-state index contributed by atoms with van der Waals surface area (Å²) < 4.78 is 0. The molecule has 1 aromatic carbocycles. The van der Waals surface area contributed by atoms with E-state index < -0.39 is 0 Å². The maximum atomic E-state index is 11.9. The van der Waals surface area contributed by atoms with Crippen LogP contribution in [0.5, 0.6) is 0 Å². The molecule has 0 unspecified atom stereocenters. The van der Waals surface area contributed by atoms with E-state index in [1.165, 1.54) is 11.1 Å². The van der Waals surface area contributed by atoms with E-state index in [2.05, 4.69) is 45.1 Å². The average molecular weight is 232 g/mol. The number of rotatable bonds is 1. The summed E-state index contributed by atoms with van der Waals surface area (Å²) >= 11 is 0. The topological polar surface area (TPSA) is 32.3 Å². The Morgan fingerprint density at radius 2 is 1.94 bits per heavy atom. The summed E-state index contributed by atoms with van der Waals surface area (Å²) in [5.74, 6) is 0.146. The first kappa shape index (κ1) is 12.1. The van der Waals surface area contributed by atoms with Crippen LogP contribution in [-0.4, -0.2) is 24.5 Å². The summed E-state index contributed by atoms with van der Waals surface area (Å²) in [5.41, 5.74) is 3.47. The number of piperazine rings is 1. The summed E-state index contributed by atoms with van der Waals surface area (Å²) in [6.45, 7) is 9.54. The van der Waals surface area contributed by atoms with E-state index in [1.807, 2.05) is 11.0 Å². The molecule has 17 heavy (non-hydrogen) atoms. The number of benzene rings is 1. The maximum Gasteiger partial charge on any atom is 0.241 e. The van der Waals surface area contributed by atoms with Crippen LogP contribution < -0.4 is 10.2 Å². The number of hydrogen-bond acceptors (Lipinski definition) is 2. The first-order valence-corrected chi connectivity index (χ1v) is 6.02. The van der Waals surface area contributed by atoms with Gasteiger partial charge in [-0.15, -0.1) is 0 Å². The molecule has 1 aromatic rings. The summed E-state index contributed by atoms with van der Waals surface area (Å²) in [7, 11) is 0. The molecule has 0 spiro atoms. The van der Waals surface area contributed by atoms with Crippen molar-refractivity contribution in [1.29, 1.82) is 0 Å². The first-order chi connectivity index (χ1) is 7.89. The second-order valence-electron chi connectivity index (χ2n) is 5.49. The van der Waals surface area contributed by atoms with Gasteiger partial charge in [-0.1, -0.05) is 6.07 Å². The highest BCUT2D eigenvalue weighted by atomic mass is 16.2. The molecule has 0 aromatic heterocycles. The zero-order chi connectivity index (χ0) is 12.6. The highest BCUT2D eigenvalue weighted by molar-refractivity contribution is 5.96. The molecule has 3 heteroatoms. The van der Waals surface area contributed by atoms with Crippen molar-refractivity contribution < 1.29 is 4.79 Å². The lowest BCUT2D eigenvalue weighted by molar-refractivity contribution is -0.119. The van der Waals surface area contributed by atoms with Gasteiger partial charge in [-0.25, -0.2) is 0 Å². The van der Waals surface area contributed by atoms with Crippen LogP contribution in [0.1, 0.15) is 25.0 Å². The second-order valence-corrected chi connectivity index (χ2v) is 5.49. The maximum absolute atomic E-state index is 11.9. The number of hydrogen-bond donors (Lipinski definition) is 1. The lowest BCUT2D eigenvalue weighted by Crippen LogP contribution is -2.60. The molecule has 1 aliphatic rings. The standard InChI is InChI=1S/C14H20N2O/c1-10-5-6-12(7-11(10)2)16-9-14(3,4)15-8-13(16)17/h5-7,15H,8-9H2,1-4H3. The zero-order valence-corrected chi connectivity index (χ0v) is 11.0. The Balaban J connectivity index is 2.31. The molecule has 1 heterocycles. The largest absolute Gasteiger partial charge is 0.309 e. The minimum absolute atomic E-state index is 0.0211. The Morgan fingerprint density at radius 1 is 1.24 bits per heavy atom. The minimum atomic E-state index is -0.0211. The molecule has 0 bridgehead atoms. The van der Waals surface area contributed by atoms with E-state index in [1.54, 1.807) is 0 Å². The monoisotopic (exact) mass is 232 g/mol. The zero-order valence-electron chi connectivity index (χ0n) is 11.0. The van der Waals surface area contributed by atoms with Crippen molar-refractivity contribution in [3.63, 3.8) is 0 Å². The Labute approximate surface area is 103 Å². The Morgan fingerprint density at radius 3 is 2.59 bits per heavy atom. The number of carbonyl (C=O) groups excluding carboxylic acids is 1. The Bertz CT molecular complexity index is 452. The van der Waals surface area contributed by atoms with Crippen LogP contribution in [0.2, 0.25) is 0 Å². The molecule has 1 aliphatic heterocycles. The lowest BCUT2D eigenvalue weighted by atomic mass is 10.0. The van der Waals surface area contributed by atoms with Crippen LogP contribution in [0.4, 0.5) is 5.69 Å². The SMILES string of the molecule is Cc1ccc(N2CC(C)(C)NCC2=O)cc1C. The van der Waals surface area contributed by atoms with E-state index in [4.69, 9.17) is 0 Å². The van der Waals surface area contributed by atoms with Crippen LogP contribution in [0.3, 0.4) is 0 Å². The smallest absolute Gasteiger partial charge is 0.241 e. The van der Waals surface area contributed by atoms with Crippen LogP contribution >= 0.6 is 0 Å². The van der Waals surface area contributed by atoms with Crippen LogP contribution in [0.15, 0.2) is 18.2 Å². The van der Waals surface area contributed by atoms with E-state index in [9.17, 15) is 4.79 Å². The molecule has 1 amide bonds. The van der Waals surface area contributed by atoms with Gasteiger partial charge in [0.15, 0.2) is 0 Å². The number of nitrogens with zero attached hydrogens (tertiary/aromatic N) is 1. The van der Waals surface area contributed by atoms with Gasteiger partial charge in [0.05, 0.1) is 6.54 Å². The van der Waals surface area contributed by atoms with E-state index in [-0.39, 0.29) is 11.4 Å². The van der Waals surface area contributed by atoms with Gasteiger partial charge in [-0.05, 0) is 51.0 Å². The third-order valence-corrected chi connectivity index (χ3v) is 3.37. The van der Waals surface area contributed by atoms with E-state index in [0.29, 0.717) is 13.1 Å². The van der Waals surface area contributed by atoms with Gasteiger partial charge in [0.25, 0.3) is 0 Å². The predicted molar refractivity (Wildman–Crippen MR) is 70.4 cm³/mol. The molecule has 0 aliphatic carbocycles. The summed E-state index contributed by atoms with van der Waals surface area (Å²) in [6.07, 6.45) is 0. The number of carbonyl (C=O) groups is 1. The highest BCUT2D eigenvalue weighted by Crippen LogP contribution is 2.23. The molecule has 0 radical (unpaired) electrons. The Hall–Kier alpha value is -1.35. The van der Waals surface area contributed by atoms with Gasteiger partial charge in [0.2, 0.25) is 5.91 Å². The molecule has 0 atom stereocenters. The quantitative estimate of drug-likeness (QED) is 0.803. The molecule has 2 rings (SSSR count). The second kappa shape index (κ2) is 4.15. The molecular weight excluding hydrogens is 212 g/mol. The van der Waals surface area contributed by atoms with Crippen molar-refractivity contribution in [3.05, 3.63) is 29.3 Å². The lowest BCUT2D eigenvalue weighted by Gasteiger charge is -2.39.